The van der Waals surface area contributed by atoms with Crippen molar-refractivity contribution in [1.82, 2.24) is 19.8 Å². The Morgan fingerprint density at radius 2 is 2.19 bits per heavy atom. The predicted molar refractivity (Wildman–Crippen MR) is 107 cm³/mol. The van der Waals surface area contributed by atoms with Crippen LogP contribution in [0.25, 0.3) is 0 Å². The Kier molecular flexibility index (Phi) is 6.31. The monoisotopic (exact) mass is 353 g/mol. The Morgan fingerprint density at radius 3 is 2.92 bits per heavy atom. The average Bonchev–Trinajstić information content (AvgIpc) is 3.28. The topological polar surface area (TPSA) is 45.5 Å². The van der Waals surface area contributed by atoms with Gasteiger partial charge in [-0.3, -0.25) is 4.99 Å². The number of imidazole rings is 1. The number of aromatic nitrogens is 2. The third-order valence-corrected chi connectivity index (χ3v) is 4.97. The molecule has 1 saturated heterocycles. The summed E-state index contributed by atoms with van der Waals surface area (Å²) in [7, 11) is 1.88. The molecule has 1 fully saturated rings. The molecule has 26 heavy (non-hydrogen) atoms. The Balaban J connectivity index is 1.54. The Hall–Kier alpha value is -2.30. The van der Waals surface area contributed by atoms with Gasteiger partial charge in [0.05, 0.1) is 6.33 Å². The van der Waals surface area contributed by atoms with Crippen LogP contribution in [0.1, 0.15) is 37.8 Å². The summed E-state index contributed by atoms with van der Waals surface area (Å²) in [4.78, 5) is 11.0. The maximum absolute atomic E-state index is 4.50. The highest BCUT2D eigenvalue weighted by Gasteiger charge is 2.25. The lowest BCUT2D eigenvalue weighted by Gasteiger charge is -2.22. The van der Waals surface area contributed by atoms with E-state index in [2.05, 4.69) is 62.9 Å². The van der Waals surface area contributed by atoms with Gasteiger partial charge in [0.15, 0.2) is 5.96 Å². The molecular formula is C21H31N5. The Labute approximate surface area is 157 Å². The normalized spacial score (nSPS) is 17.9. The fraction of sp³-hybridized carbons (Fsp3) is 0.524. The third kappa shape index (κ3) is 5.10. The van der Waals surface area contributed by atoms with Crippen LogP contribution in [0.2, 0.25) is 0 Å². The first-order valence-electron chi connectivity index (χ1n) is 9.63. The molecule has 2 heterocycles. The highest BCUT2D eigenvalue weighted by Crippen LogP contribution is 2.23. The van der Waals surface area contributed by atoms with Crippen molar-refractivity contribution in [3.05, 3.63) is 54.1 Å². The van der Waals surface area contributed by atoms with Crippen molar-refractivity contribution in [2.75, 3.05) is 20.1 Å². The molecule has 5 nitrogen and oxygen atoms in total. The van der Waals surface area contributed by atoms with E-state index in [0.29, 0.717) is 0 Å². The molecular weight excluding hydrogens is 322 g/mol. The number of hydrogen-bond donors (Lipinski definition) is 1. The van der Waals surface area contributed by atoms with Crippen LogP contribution in [0.5, 0.6) is 0 Å². The van der Waals surface area contributed by atoms with E-state index in [1.54, 1.807) is 0 Å². The van der Waals surface area contributed by atoms with E-state index >= 15 is 0 Å². The summed E-state index contributed by atoms with van der Waals surface area (Å²) in [6.07, 6.45) is 8.25. The summed E-state index contributed by atoms with van der Waals surface area (Å²) in [6.45, 7) is 8.51. The molecule has 2 aromatic rings. The summed E-state index contributed by atoms with van der Waals surface area (Å²) in [5.41, 5.74) is 2.57. The number of likely N-dealkylation sites (tertiary alicyclic amines) is 1. The minimum atomic E-state index is 0.771. The second kappa shape index (κ2) is 8.88. The van der Waals surface area contributed by atoms with Gasteiger partial charge < -0.3 is 14.8 Å². The molecule has 0 amide bonds. The van der Waals surface area contributed by atoms with Gasteiger partial charge in [-0.1, -0.05) is 38.1 Å². The zero-order chi connectivity index (χ0) is 18.4. The molecule has 1 unspecified atom stereocenters. The highest BCUT2D eigenvalue weighted by atomic mass is 15.3. The fourth-order valence-corrected chi connectivity index (χ4v) is 3.83. The number of benzene rings is 1. The summed E-state index contributed by atoms with van der Waals surface area (Å²) in [5.74, 6) is 2.59. The molecule has 1 aromatic heterocycles. The van der Waals surface area contributed by atoms with Crippen molar-refractivity contribution in [3.63, 3.8) is 0 Å². The SMILES string of the molecule is CN=C(NCc1cccc(Cn2ccnc2)c1)N1CCC(CC(C)C)C1. The van der Waals surface area contributed by atoms with E-state index in [0.717, 1.165) is 44.0 Å². The molecule has 1 atom stereocenters. The largest absolute Gasteiger partial charge is 0.352 e. The van der Waals surface area contributed by atoms with Gasteiger partial charge in [-0.15, -0.1) is 0 Å². The lowest BCUT2D eigenvalue weighted by molar-refractivity contribution is 0.403. The van der Waals surface area contributed by atoms with Crippen LogP contribution in [0.4, 0.5) is 0 Å². The van der Waals surface area contributed by atoms with Crippen LogP contribution in [-0.2, 0) is 13.1 Å². The number of nitrogens with zero attached hydrogens (tertiary/aromatic N) is 4. The minimum Gasteiger partial charge on any atom is -0.352 e. The number of nitrogens with one attached hydrogen (secondary N) is 1. The van der Waals surface area contributed by atoms with Crippen LogP contribution in [-0.4, -0.2) is 40.5 Å². The van der Waals surface area contributed by atoms with Crippen molar-refractivity contribution in [3.8, 4) is 0 Å². The molecule has 0 aliphatic carbocycles. The average molecular weight is 354 g/mol. The second-order valence-electron chi connectivity index (χ2n) is 7.69. The molecule has 0 saturated carbocycles. The summed E-state index contributed by atoms with van der Waals surface area (Å²) in [5, 5.41) is 3.54. The number of hydrogen-bond acceptors (Lipinski definition) is 2. The van der Waals surface area contributed by atoms with Crippen molar-refractivity contribution in [2.45, 2.75) is 39.8 Å². The molecule has 0 spiro atoms. The molecule has 140 valence electrons. The molecule has 5 heteroatoms. The highest BCUT2D eigenvalue weighted by molar-refractivity contribution is 5.80. The lowest BCUT2D eigenvalue weighted by Crippen LogP contribution is -2.39. The maximum atomic E-state index is 4.50. The first-order valence-corrected chi connectivity index (χ1v) is 9.63. The first kappa shape index (κ1) is 18.5. The van der Waals surface area contributed by atoms with Crippen molar-refractivity contribution in [2.24, 2.45) is 16.8 Å². The van der Waals surface area contributed by atoms with Gasteiger partial charge in [-0.05, 0) is 35.8 Å². The number of guanidine groups is 1. The molecule has 1 N–H and O–H groups in total. The van der Waals surface area contributed by atoms with Crippen LogP contribution in [0, 0.1) is 11.8 Å². The van der Waals surface area contributed by atoms with Crippen LogP contribution in [0.3, 0.4) is 0 Å². The molecule has 0 bridgehead atoms. The lowest BCUT2D eigenvalue weighted by atomic mass is 9.97. The predicted octanol–water partition coefficient (Wildman–Crippen LogP) is 3.37. The van der Waals surface area contributed by atoms with Crippen molar-refractivity contribution < 1.29 is 0 Å². The second-order valence-corrected chi connectivity index (χ2v) is 7.69. The van der Waals surface area contributed by atoms with Crippen molar-refractivity contribution >= 4 is 5.96 Å². The van der Waals surface area contributed by atoms with E-state index in [1.807, 2.05) is 25.8 Å². The Bertz CT molecular complexity index is 705. The summed E-state index contributed by atoms with van der Waals surface area (Å²) in [6, 6.07) is 8.71. The zero-order valence-corrected chi connectivity index (χ0v) is 16.2. The molecule has 1 aliphatic rings. The third-order valence-electron chi connectivity index (χ3n) is 4.97. The Morgan fingerprint density at radius 1 is 1.35 bits per heavy atom. The van der Waals surface area contributed by atoms with Crippen LogP contribution >= 0.6 is 0 Å². The van der Waals surface area contributed by atoms with Gasteiger partial charge >= 0.3 is 0 Å². The smallest absolute Gasteiger partial charge is 0.193 e. The summed E-state index contributed by atoms with van der Waals surface area (Å²) >= 11 is 0. The fourth-order valence-electron chi connectivity index (χ4n) is 3.83. The zero-order valence-electron chi connectivity index (χ0n) is 16.2. The summed E-state index contributed by atoms with van der Waals surface area (Å²) < 4.78 is 2.09. The molecule has 3 rings (SSSR count). The quantitative estimate of drug-likeness (QED) is 0.640. The molecule has 1 aromatic carbocycles. The van der Waals surface area contributed by atoms with E-state index in [1.165, 1.54) is 24.0 Å². The van der Waals surface area contributed by atoms with E-state index in [4.69, 9.17) is 0 Å². The van der Waals surface area contributed by atoms with Crippen LogP contribution < -0.4 is 5.32 Å². The standard InChI is InChI=1S/C21H31N5/c1-17(2)11-20-7-9-26(15-20)21(22-3)24-13-18-5-4-6-19(12-18)14-25-10-8-23-16-25/h4-6,8,10,12,16-17,20H,7,9,11,13-15H2,1-3H3,(H,22,24). The van der Waals surface area contributed by atoms with Gasteiger partial charge in [0.1, 0.15) is 0 Å². The van der Waals surface area contributed by atoms with Gasteiger partial charge in [0.2, 0.25) is 0 Å². The van der Waals surface area contributed by atoms with Gasteiger partial charge in [0.25, 0.3) is 0 Å². The van der Waals surface area contributed by atoms with Gasteiger partial charge in [0, 0.05) is 45.6 Å². The van der Waals surface area contributed by atoms with E-state index in [-0.39, 0.29) is 0 Å². The van der Waals surface area contributed by atoms with E-state index < -0.39 is 0 Å². The van der Waals surface area contributed by atoms with Gasteiger partial charge in [-0.2, -0.15) is 0 Å². The minimum absolute atomic E-state index is 0.771. The van der Waals surface area contributed by atoms with Crippen molar-refractivity contribution in [1.29, 1.82) is 0 Å². The first-order chi connectivity index (χ1) is 12.6. The van der Waals surface area contributed by atoms with Crippen LogP contribution in [0.15, 0.2) is 48.0 Å². The molecule has 0 radical (unpaired) electrons. The molecule has 1 aliphatic heterocycles. The van der Waals surface area contributed by atoms with Gasteiger partial charge in [-0.25, -0.2) is 4.98 Å². The maximum Gasteiger partial charge on any atom is 0.193 e. The number of rotatable bonds is 6. The number of aliphatic imine (C=N–C) groups is 1. The van der Waals surface area contributed by atoms with E-state index in [9.17, 15) is 0 Å².